The zero-order valence-corrected chi connectivity index (χ0v) is 16.4. The average molecular weight is 380 g/mol. The van der Waals surface area contributed by atoms with E-state index in [1.54, 1.807) is 19.4 Å². The van der Waals surface area contributed by atoms with Gasteiger partial charge in [-0.1, -0.05) is 0 Å². The van der Waals surface area contributed by atoms with Gasteiger partial charge in [-0.25, -0.2) is 15.0 Å². The summed E-state index contributed by atoms with van der Waals surface area (Å²) in [6.07, 6.45) is 3.16. The fourth-order valence-electron chi connectivity index (χ4n) is 3.35. The highest BCUT2D eigenvalue weighted by atomic mass is 16.5. The molecule has 3 heterocycles. The smallest absolute Gasteiger partial charge is 0.255 e. The first-order chi connectivity index (χ1) is 13.5. The third kappa shape index (κ3) is 3.62. The lowest BCUT2D eigenvalue weighted by Gasteiger charge is -2.36. The van der Waals surface area contributed by atoms with E-state index in [-0.39, 0.29) is 11.7 Å². The van der Waals surface area contributed by atoms with Crippen LogP contribution in [0.1, 0.15) is 13.8 Å². The molecule has 1 aliphatic rings. The Balaban J connectivity index is 1.53. The van der Waals surface area contributed by atoms with Crippen molar-refractivity contribution in [3.8, 4) is 5.88 Å². The molecule has 0 spiro atoms. The number of fused-ring (bicyclic) bond motifs is 1. The number of benzene rings is 1. The summed E-state index contributed by atoms with van der Waals surface area (Å²) in [5, 5.41) is 0.921. The van der Waals surface area contributed by atoms with Gasteiger partial charge >= 0.3 is 0 Å². The second-order valence-corrected chi connectivity index (χ2v) is 7.22. The molecule has 1 fully saturated rings. The number of hydrogen-bond donors (Lipinski definition) is 0. The highest BCUT2D eigenvalue weighted by molar-refractivity contribution is 5.86. The number of ether oxygens (including phenoxy) is 1. The van der Waals surface area contributed by atoms with Gasteiger partial charge in [0.2, 0.25) is 5.88 Å². The fraction of sp³-hybridized carbons (Fsp3) is 0.400. The summed E-state index contributed by atoms with van der Waals surface area (Å²) in [6.45, 7) is 7.27. The summed E-state index contributed by atoms with van der Waals surface area (Å²) in [5.41, 5.74) is 1.95. The molecular formula is C20H24N6O2. The lowest BCUT2D eigenvalue weighted by molar-refractivity contribution is 0.235. The molecule has 0 aliphatic carbocycles. The summed E-state index contributed by atoms with van der Waals surface area (Å²) in [4.78, 5) is 29.4. The van der Waals surface area contributed by atoms with Crippen molar-refractivity contribution in [3.05, 3.63) is 47.3 Å². The van der Waals surface area contributed by atoms with E-state index in [1.807, 2.05) is 19.9 Å². The molecule has 1 aromatic carbocycles. The van der Waals surface area contributed by atoms with E-state index in [0.29, 0.717) is 5.88 Å². The number of rotatable bonds is 4. The molecule has 146 valence electrons. The predicted molar refractivity (Wildman–Crippen MR) is 109 cm³/mol. The second kappa shape index (κ2) is 7.46. The van der Waals surface area contributed by atoms with E-state index in [9.17, 15) is 4.79 Å². The summed E-state index contributed by atoms with van der Waals surface area (Å²) >= 11 is 0. The Bertz CT molecular complexity index is 1040. The van der Waals surface area contributed by atoms with Gasteiger partial charge in [-0.15, -0.1) is 0 Å². The zero-order chi connectivity index (χ0) is 19.7. The lowest BCUT2D eigenvalue weighted by Crippen LogP contribution is -2.47. The van der Waals surface area contributed by atoms with Crippen LogP contribution in [0, 0.1) is 0 Å². The fourth-order valence-corrected chi connectivity index (χ4v) is 3.35. The molecule has 0 saturated carbocycles. The Morgan fingerprint density at radius 2 is 1.75 bits per heavy atom. The van der Waals surface area contributed by atoms with Crippen LogP contribution in [0.15, 0.2) is 41.7 Å². The Morgan fingerprint density at radius 3 is 2.46 bits per heavy atom. The van der Waals surface area contributed by atoms with Crippen molar-refractivity contribution in [3.63, 3.8) is 0 Å². The second-order valence-electron chi connectivity index (χ2n) is 7.22. The molecule has 2 aromatic heterocycles. The van der Waals surface area contributed by atoms with Gasteiger partial charge in [-0.3, -0.25) is 4.79 Å². The van der Waals surface area contributed by atoms with Crippen LogP contribution in [0.25, 0.3) is 10.9 Å². The SMILES string of the molecule is CC(C)Oc1ncnc2ccc(N3CCN(c4cc(=O)n(C)cn4)CC3)cc12. The Hall–Kier alpha value is -3.16. The van der Waals surface area contributed by atoms with Crippen LogP contribution in [0.2, 0.25) is 0 Å². The maximum Gasteiger partial charge on any atom is 0.255 e. The molecule has 1 aliphatic heterocycles. The number of nitrogens with zero attached hydrogens (tertiary/aromatic N) is 6. The normalized spacial score (nSPS) is 14.7. The minimum Gasteiger partial charge on any atom is -0.474 e. The van der Waals surface area contributed by atoms with Crippen LogP contribution in [0.3, 0.4) is 0 Å². The average Bonchev–Trinajstić information content (AvgIpc) is 2.70. The molecule has 4 rings (SSSR count). The lowest BCUT2D eigenvalue weighted by atomic mass is 10.2. The highest BCUT2D eigenvalue weighted by Crippen LogP contribution is 2.28. The van der Waals surface area contributed by atoms with Crippen molar-refractivity contribution < 1.29 is 4.74 Å². The molecule has 1 saturated heterocycles. The van der Waals surface area contributed by atoms with E-state index >= 15 is 0 Å². The Morgan fingerprint density at radius 1 is 1.00 bits per heavy atom. The number of aryl methyl sites for hydroxylation is 1. The van der Waals surface area contributed by atoms with E-state index in [0.717, 1.165) is 48.6 Å². The molecule has 0 N–H and O–H groups in total. The first-order valence-electron chi connectivity index (χ1n) is 9.45. The van der Waals surface area contributed by atoms with Gasteiger partial charge in [0, 0.05) is 45.0 Å². The molecule has 28 heavy (non-hydrogen) atoms. The third-order valence-corrected chi connectivity index (χ3v) is 4.86. The van der Waals surface area contributed by atoms with Crippen molar-refractivity contribution in [1.29, 1.82) is 0 Å². The molecule has 0 bridgehead atoms. The first kappa shape index (κ1) is 18.2. The monoisotopic (exact) mass is 380 g/mol. The molecule has 3 aromatic rings. The van der Waals surface area contributed by atoms with E-state index in [2.05, 4.69) is 36.9 Å². The Kier molecular flexibility index (Phi) is 4.85. The first-order valence-corrected chi connectivity index (χ1v) is 9.45. The quantitative estimate of drug-likeness (QED) is 0.683. The zero-order valence-electron chi connectivity index (χ0n) is 16.4. The predicted octanol–water partition coefficient (Wildman–Crippen LogP) is 1.84. The molecule has 0 radical (unpaired) electrons. The van der Waals surface area contributed by atoms with Crippen molar-refractivity contribution in [2.45, 2.75) is 20.0 Å². The maximum absolute atomic E-state index is 11.9. The van der Waals surface area contributed by atoms with Crippen molar-refractivity contribution >= 4 is 22.4 Å². The largest absolute Gasteiger partial charge is 0.474 e. The summed E-state index contributed by atoms with van der Waals surface area (Å²) in [7, 11) is 1.71. The molecule has 0 amide bonds. The van der Waals surface area contributed by atoms with Crippen molar-refractivity contribution in [2.24, 2.45) is 7.05 Å². The van der Waals surface area contributed by atoms with Crippen LogP contribution in [0.5, 0.6) is 5.88 Å². The van der Waals surface area contributed by atoms with Crippen LogP contribution in [-0.4, -0.2) is 51.8 Å². The minimum absolute atomic E-state index is 0.0420. The van der Waals surface area contributed by atoms with Crippen LogP contribution < -0.4 is 20.1 Å². The molecule has 0 atom stereocenters. The molecule has 0 unspecified atom stereocenters. The number of hydrogen-bond acceptors (Lipinski definition) is 7. The summed E-state index contributed by atoms with van der Waals surface area (Å²) < 4.78 is 7.33. The van der Waals surface area contributed by atoms with Crippen LogP contribution in [-0.2, 0) is 7.05 Å². The summed E-state index contributed by atoms with van der Waals surface area (Å²) in [5.74, 6) is 1.35. The van der Waals surface area contributed by atoms with Crippen LogP contribution in [0.4, 0.5) is 11.5 Å². The van der Waals surface area contributed by atoms with Crippen molar-refractivity contribution in [2.75, 3.05) is 36.0 Å². The van der Waals surface area contributed by atoms with Gasteiger partial charge in [-0.05, 0) is 32.0 Å². The van der Waals surface area contributed by atoms with Gasteiger partial charge in [0.25, 0.3) is 5.56 Å². The van der Waals surface area contributed by atoms with E-state index < -0.39 is 0 Å². The maximum atomic E-state index is 11.9. The number of anilines is 2. The van der Waals surface area contributed by atoms with Gasteiger partial charge in [0.05, 0.1) is 23.3 Å². The molecule has 8 heteroatoms. The van der Waals surface area contributed by atoms with E-state index in [1.165, 1.54) is 10.9 Å². The van der Waals surface area contributed by atoms with Gasteiger partial charge in [0.1, 0.15) is 12.1 Å². The Labute approximate surface area is 163 Å². The van der Waals surface area contributed by atoms with Gasteiger partial charge in [0.15, 0.2) is 0 Å². The highest BCUT2D eigenvalue weighted by Gasteiger charge is 2.20. The molecule has 8 nitrogen and oxygen atoms in total. The number of piperazine rings is 1. The summed E-state index contributed by atoms with van der Waals surface area (Å²) in [6, 6.07) is 7.78. The van der Waals surface area contributed by atoms with Crippen LogP contribution >= 0.6 is 0 Å². The third-order valence-electron chi connectivity index (χ3n) is 4.86. The standard InChI is InChI=1S/C20H24N6O2/c1-14(2)28-20-16-10-15(4-5-17(16)21-12-22-20)25-6-8-26(9-7-25)18-11-19(27)24(3)13-23-18/h4-5,10-14H,6-9H2,1-3H3. The number of aromatic nitrogens is 4. The van der Waals surface area contributed by atoms with Gasteiger partial charge < -0.3 is 19.1 Å². The molecular weight excluding hydrogens is 356 g/mol. The minimum atomic E-state index is -0.0420. The van der Waals surface area contributed by atoms with E-state index in [4.69, 9.17) is 4.74 Å². The van der Waals surface area contributed by atoms with Gasteiger partial charge in [-0.2, -0.15) is 0 Å². The van der Waals surface area contributed by atoms with Crippen molar-refractivity contribution in [1.82, 2.24) is 19.5 Å². The topological polar surface area (TPSA) is 76.4 Å².